The molecule has 0 bridgehead atoms. The number of carboxylic acids is 1. The number of benzene rings is 2. The van der Waals surface area contributed by atoms with Crippen LogP contribution in [0.4, 0.5) is 17.6 Å². The Balaban J connectivity index is 2.65. The van der Waals surface area contributed by atoms with Gasteiger partial charge in [-0.3, -0.25) is 0 Å². The Kier molecular flexibility index (Phi) is 3.59. The number of phenolic OH excluding ortho intramolecular Hbond substituents is 1. The summed E-state index contributed by atoms with van der Waals surface area (Å²) in [6.07, 6.45) is -4.87. The van der Waals surface area contributed by atoms with Gasteiger partial charge in [-0.05, 0) is 29.8 Å². The van der Waals surface area contributed by atoms with Gasteiger partial charge in [-0.25, -0.2) is 9.18 Å². The van der Waals surface area contributed by atoms with E-state index in [0.717, 1.165) is 30.3 Å². The quantitative estimate of drug-likeness (QED) is 0.827. The molecule has 0 amide bonds. The van der Waals surface area contributed by atoms with Gasteiger partial charge in [0.1, 0.15) is 11.6 Å². The van der Waals surface area contributed by atoms with Crippen molar-refractivity contribution in [2.45, 2.75) is 6.18 Å². The number of carbonyl (C=O) groups is 1. The molecule has 0 saturated heterocycles. The van der Waals surface area contributed by atoms with Gasteiger partial charge in [0, 0.05) is 5.56 Å². The SMILES string of the molecule is O=C(O)c1cc(O)cc(-c2cccc(C(F)(F)F)c2F)c1. The molecule has 2 rings (SSSR count). The lowest BCUT2D eigenvalue weighted by Gasteiger charge is -2.12. The first-order chi connectivity index (χ1) is 9.70. The summed E-state index contributed by atoms with van der Waals surface area (Å²) in [6.45, 7) is 0. The van der Waals surface area contributed by atoms with Gasteiger partial charge in [0.2, 0.25) is 0 Å². The van der Waals surface area contributed by atoms with Crippen LogP contribution in [0.2, 0.25) is 0 Å². The standard InChI is InChI=1S/C14H8F4O3/c15-12-10(2-1-3-11(12)14(16,17)18)7-4-8(13(20)21)6-9(19)5-7/h1-6,19H,(H,20,21). The van der Waals surface area contributed by atoms with Gasteiger partial charge < -0.3 is 10.2 Å². The van der Waals surface area contributed by atoms with E-state index in [-0.39, 0.29) is 11.1 Å². The van der Waals surface area contributed by atoms with Crippen molar-refractivity contribution in [2.75, 3.05) is 0 Å². The zero-order chi connectivity index (χ0) is 15.8. The molecule has 110 valence electrons. The molecule has 3 nitrogen and oxygen atoms in total. The van der Waals surface area contributed by atoms with Crippen molar-refractivity contribution in [3.05, 3.63) is 53.3 Å². The van der Waals surface area contributed by atoms with E-state index in [1.165, 1.54) is 0 Å². The number of aromatic hydroxyl groups is 1. The highest BCUT2D eigenvalue weighted by Crippen LogP contribution is 2.36. The maximum absolute atomic E-state index is 14.0. The average molecular weight is 300 g/mol. The highest BCUT2D eigenvalue weighted by Gasteiger charge is 2.35. The third-order valence-corrected chi connectivity index (χ3v) is 2.78. The first kappa shape index (κ1) is 14.8. The van der Waals surface area contributed by atoms with Crippen LogP contribution in [0, 0.1) is 5.82 Å². The van der Waals surface area contributed by atoms with Crippen LogP contribution in [0.15, 0.2) is 36.4 Å². The number of hydrogen-bond donors (Lipinski definition) is 2. The Bertz CT molecular complexity index is 708. The van der Waals surface area contributed by atoms with Gasteiger partial charge in [0.25, 0.3) is 0 Å². The van der Waals surface area contributed by atoms with E-state index in [1.807, 2.05) is 0 Å². The van der Waals surface area contributed by atoms with Crippen LogP contribution in [-0.4, -0.2) is 16.2 Å². The topological polar surface area (TPSA) is 57.5 Å². The lowest BCUT2D eigenvalue weighted by molar-refractivity contribution is -0.139. The Labute approximate surface area is 116 Å². The number of aromatic carboxylic acids is 1. The fourth-order valence-corrected chi connectivity index (χ4v) is 1.86. The van der Waals surface area contributed by atoms with E-state index in [1.54, 1.807) is 0 Å². The maximum Gasteiger partial charge on any atom is 0.419 e. The number of phenols is 1. The molecule has 0 heterocycles. The second-order valence-corrected chi connectivity index (χ2v) is 4.24. The molecular weight excluding hydrogens is 292 g/mol. The summed E-state index contributed by atoms with van der Waals surface area (Å²) < 4.78 is 51.9. The van der Waals surface area contributed by atoms with E-state index >= 15 is 0 Å². The van der Waals surface area contributed by atoms with Crippen molar-refractivity contribution >= 4 is 5.97 Å². The van der Waals surface area contributed by atoms with Gasteiger partial charge >= 0.3 is 12.1 Å². The van der Waals surface area contributed by atoms with E-state index in [0.29, 0.717) is 6.07 Å². The minimum absolute atomic E-state index is 0.156. The van der Waals surface area contributed by atoms with E-state index in [2.05, 4.69) is 0 Å². The summed E-state index contributed by atoms with van der Waals surface area (Å²) in [4.78, 5) is 10.9. The van der Waals surface area contributed by atoms with Gasteiger partial charge in [-0.2, -0.15) is 13.2 Å². The van der Waals surface area contributed by atoms with Crippen molar-refractivity contribution < 1.29 is 32.6 Å². The second kappa shape index (κ2) is 5.08. The van der Waals surface area contributed by atoms with Crippen LogP contribution < -0.4 is 0 Å². The molecule has 0 atom stereocenters. The Hall–Kier alpha value is -2.57. The summed E-state index contributed by atoms with van der Waals surface area (Å²) in [6, 6.07) is 5.55. The smallest absolute Gasteiger partial charge is 0.419 e. The average Bonchev–Trinajstić information content (AvgIpc) is 2.36. The lowest BCUT2D eigenvalue weighted by Crippen LogP contribution is -2.08. The Morgan fingerprint density at radius 3 is 2.33 bits per heavy atom. The van der Waals surface area contributed by atoms with Crippen molar-refractivity contribution in [2.24, 2.45) is 0 Å². The van der Waals surface area contributed by atoms with Gasteiger partial charge in [-0.1, -0.05) is 12.1 Å². The minimum atomic E-state index is -4.87. The molecule has 0 fully saturated rings. The molecule has 0 saturated carbocycles. The maximum atomic E-state index is 14.0. The normalized spacial score (nSPS) is 11.4. The number of rotatable bonds is 2. The molecule has 0 aliphatic carbocycles. The van der Waals surface area contributed by atoms with Crippen molar-refractivity contribution in [3.8, 4) is 16.9 Å². The van der Waals surface area contributed by atoms with Gasteiger partial charge in [-0.15, -0.1) is 0 Å². The first-order valence-corrected chi connectivity index (χ1v) is 5.63. The molecule has 2 aromatic carbocycles. The van der Waals surface area contributed by atoms with Crippen LogP contribution in [0.3, 0.4) is 0 Å². The van der Waals surface area contributed by atoms with Crippen LogP contribution in [0.5, 0.6) is 5.75 Å². The molecule has 2 N–H and O–H groups in total. The predicted molar refractivity (Wildman–Crippen MR) is 65.5 cm³/mol. The third kappa shape index (κ3) is 2.96. The molecule has 0 aliphatic rings. The Morgan fingerprint density at radius 1 is 1.10 bits per heavy atom. The molecular formula is C14H8F4O3. The van der Waals surface area contributed by atoms with Crippen LogP contribution >= 0.6 is 0 Å². The van der Waals surface area contributed by atoms with Crippen molar-refractivity contribution in [1.29, 1.82) is 0 Å². The zero-order valence-electron chi connectivity index (χ0n) is 10.3. The Morgan fingerprint density at radius 2 is 1.76 bits per heavy atom. The van der Waals surface area contributed by atoms with Crippen LogP contribution in [0.1, 0.15) is 15.9 Å². The molecule has 0 spiro atoms. The molecule has 0 aliphatic heterocycles. The number of halogens is 4. The largest absolute Gasteiger partial charge is 0.508 e. The molecule has 0 aromatic heterocycles. The monoisotopic (exact) mass is 300 g/mol. The summed E-state index contributed by atoms with van der Waals surface area (Å²) >= 11 is 0. The van der Waals surface area contributed by atoms with Crippen molar-refractivity contribution in [1.82, 2.24) is 0 Å². The number of alkyl halides is 3. The predicted octanol–water partition coefficient (Wildman–Crippen LogP) is 3.92. The zero-order valence-corrected chi connectivity index (χ0v) is 10.3. The lowest BCUT2D eigenvalue weighted by atomic mass is 9.99. The molecule has 7 heteroatoms. The number of hydrogen-bond acceptors (Lipinski definition) is 2. The highest BCUT2D eigenvalue weighted by molar-refractivity contribution is 5.90. The molecule has 0 unspecified atom stereocenters. The number of carboxylic acid groups (broad SMARTS) is 1. The molecule has 0 radical (unpaired) electrons. The van der Waals surface area contributed by atoms with E-state index < -0.39 is 34.8 Å². The molecule has 21 heavy (non-hydrogen) atoms. The minimum Gasteiger partial charge on any atom is -0.508 e. The van der Waals surface area contributed by atoms with Crippen LogP contribution in [0.25, 0.3) is 11.1 Å². The summed E-state index contributed by atoms with van der Waals surface area (Å²) in [5.74, 6) is -3.40. The van der Waals surface area contributed by atoms with E-state index in [4.69, 9.17) is 5.11 Å². The summed E-state index contributed by atoms with van der Waals surface area (Å²) in [7, 11) is 0. The van der Waals surface area contributed by atoms with E-state index in [9.17, 15) is 27.5 Å². The van der Waals surface area contributed by atoms with Crippen molar-refractivity contribution in [3.63, 3.8) is 0 Å². The fourth-order valence-electron chi connectivity index (χ4n) is 1.86. The van der Waals surface area contributed by atoms with Gasteiger partial charge in [0.05, 0.1) is 11.1 Å². The van der Waals surface area contributed by atoms with Crippen LogP contribution in [-0.2, 0) is 6.18 Å². The third-order valence-electron chi connectivity index (χ3n) is 2.78. The summed E-state index contributed by atoms with van der Waals surface area (Å²) in [5.41, 5.74) is -2.42. The molecule has 2 aromatic rings. The highest BCUT2D eigenvalue weighted by atomic mass is 19.4. The fraction of sp³-hybridized carbons (Fsp3) is 0.0714. The second-order valence-electron chi connectivity index (χ2n) is 4.24. The van der Waals surface area contributed by atoms with Gasteiger partial charge in [0.15, 0.2) is 0 Å². The summed E-state index contributed by atoms with van der Waals surface area (Å²) in [5, 5.41) is 18.3. The first-order valence-electron chi connectivity index (χ1n) is 5.63.